The van der Waals surface area contributed by atoms with Crippen LogP contribution in [-0.4, -0.2) is 22.9 Å². The number of fused-ring (bicyclic) bond motifs is 1. The zero-order valence-corrected chi connectivity index (χ0v) is 12.2. The number of halogens is 2. The standard InChI is InChI=1S/C13H13BrFN3O2/c14-9-6-11-8(5-10(9)15)13(20)18-12(17-11)3-1-2-4-16-7-19/h5-7H,1-4H2,(H,16,19)(H,17,18,20). The molecule has 0 radical (unpaired) electrons. The van der Waals surface area contributed by atoms with Crippen LogP contribution < -0.4 is 10.9 Å². The maximum Gasteiger partial charge on any atom is 0.258 e. The summed E-state index contributed by atoms with van der Waals surface area (Å²) in [7, 11) is 0. The third-order valence-electron chi connectivity index (χ3n) is 2.86. The summed E-state index contributed by atoms with van der Waals surface area (Å²) in [5, 5.41) is 2.80. The van der Waals surface area contributed by atoms with E-state index in [-0.39, 0.29) is 15.4 Å². The molecule has 0 fully saturated rings. The highest BCUT2D eigenvalue weighted by atomic mass is 79.9. The summed E-state index contributed by atoms with van der Waals surface area (Å²) in [6, 6.07) is 2.67. The third kappa shape index (κ3) is 3.41. The van der Waals surface area contributed by atoms with Crippen LogP contribution in [0.15, 0.2) is 21.4 Å². The van der Waals surface area contributed by atoms with E-state index in [0.29, 0.717) is 30.7 Å². The number of nitrogens with one attached hydrogen (secondary N) is 2. The molecular formula is C13H13BrFN3O2. The monoisotopic (exact) mass is 341 g/mol. The van der Waals surface area contributed by atoms with E-state index >= 15 is 0 Å². The van der Waals surface area contributed by atoms with E-state index in [1.54, 1.807) is 0 Å². The van der Waals surface area contributed by atoms with Crippen LogP contribution in [0.5, 0.6) is 0 Å². The molecule has 0 bridgehead atoms. The van der Waals surface area contributed by atoms with Crippen molar-refractivity contribution in [2.75, 3.05) is 6.54 Å². The van der Waals surface area contributed by atoms with Gasteiger partial charge in [0.15, 0.2) is 0 Å². The zero-order chi connectivity index (χ0) is 14.5. The lowest BCUT2D eigenvalue weighted by molar-refractivity contribution is -0.109. The molecule has 1 aromatic carbocycles. The van der Waals surface area contributed by atoms with Crippen LogP contribution in [0.4, 0.5) is 4.39 Å². The molecule has 0 spiro atoms. The number of aryl methyl sites for hydroxylation is 1. The van der Waals surface area contributed by atoms with Crippen molar-refractivity contribution in [1.82, 2.24) is 15.3 Å². The Morgan fingerprint density at radius 2 is 2.20 bits per heavy atom. The predicted molar refractivity (Wildman–Crippen MR) is 77.0 cm³/mol. The average molecular weight is 342 g/mol. The van der Waals surface area contributed by atoms with Crippen LogP contribution in [0, 0.1) is 5.82 Å². The van der Waals surface area contributed by atoms with Crippen LogP contribution in [0.3, 0.4) is 0 Å². The van der Waals surface area contributed by atoms with Gasteiger partial charge >= 0.3 is 0 Å². The molecule has 2 N–H and O–H groups in total. The molecule has 20 heavy (non-hydrogen) atoms. The zero-order valence-electron chi connectivity index (χ0n) is 10.6. The van der Waals surface area contributed by atoms with Crippen molar-refractivity contribution < 1.29 is 9.18 Å². The Morgan fingerprint density at radius 1 is 1.40 bits per heavy atom. The summed E-state index contributed by atoms with van der Waals surface area (Å²) in [5.41, 5.74) is 0.116. The van der Waals surface area contributed by atoms with Crippen LogP contribution in [-0.2, 0) is 11.2 Å². The minimum atomic E-state index is -0.488. The number of nitrogens with zero attached hydrogens (tertiary/aromatic N) is 1. The van der Waals surface area contributed by atoms with Crippen molar-refractivity contribution in [2.24, 2.45) is 0 Å². The number of unbranched alkanes of at least 4 members (excludes halogenated alkanes) is 1. The van der Waals surface area contributed by atoms with Crippen molar-refractivity contribution >= 4 is 33.2 Å². The third-order valence-corrected chi connectivity index (χ3v) is 3.47. The molecule has 0 aliphatic rings. The van der Waals surface area contributed by atoms with E-state index in [0.717, 1.165) is 12.8 Å². The summed E-state index contributed by atoms with van der Waals surface area (Å²) < 4.78 is 13.7. The van der Waals surface area contributed by atoms with Crippen LogP contribution in [0.1, 0.15) is 18.7 Å². The molecule has 5 nitrogen and oxygen atoms in total. The summed E-state index contributed by atoms with van der Waals surface area (Å²) in [6.45, 7) is 0.595. The molecule has 0 aliphatic heterocycles. The summed E-state index contributed by atoms with van der Waals surface area (Å²) in [6.07, 6.45) is 2.84. The SMILES string of the molecule is O=CNCCCCc1nc2cc(Br)c(F)cc2c(=O)[nH]1. The number of rotatable bonds is 6. The number of aromatic nitrogens is 2. The number of amides is 1. The molecule has 7 heteroatoms. The number of aromatic amines is 1. The van der Waals surface area contributed by atoms with Gasteiger partial charge in [-0.25, -0.2) is 9.37 Å². The van der Waals surface area contributed by atoms with E-state index in [2.05, 4.69) is 31.2 Å². The van der Waals surface area contributed by atoms with Gasteiger partial charge in [-0.15, -0.1) is 0 Å². The molecule has 1 aromatic heterocycles. The Balaban J connectivity index is 2.17. The van der Waals surface area contributed by atoms with Gasteiger partial charge in [0.2, 0.25) is 6.41 Å². The smallest absolute Gasteiger partial charge is 0.258 e. The van der Waals surface area contributed by atoms with Gasteiger partial charge in [0.05, 0.1) is 15.4 Å². The first-order valence-electron chi connectivity index (χ1n) is 6.17. The summed E-state index contributed by atoms with van der Waals surface area (Å²) >= 11 is 3.08. The van der Waals surface area contributed by atoms with Gasteiger partial charge in [-0.1, -0.05) is 0 Å². The number of carbonyl (C=O) groups excluding carboxylic acids is 1. The van der Waals surface area contributed by atoms with Gasteiger partial charge in [0.25, 0.3) is 5.56 Å². The van der Waals surface area contributed by atoms with Crippen molar-refractivity contribution in [3.63, 3.8) is 0 Å². The molecule has 1 heterocycles. The van der Waals surface area contributed by atoms with Crippen LogP contribution in [0.25, 0.3) is 10.9 Å². The van der Waals surface area contributed by atoms with Crippen molar-refractivity contribution in [3.8, 4) is 0 Å². The fourth-order valence-electron chi connectivity index (χ4n) is 1.88. The number of carbonyl (C=O) groups is 1. The molecule has 0 unspecified atom stereocenters. The molecule has 0 atom stereocenters. The van der Waals surface area contributed by atoms with E-state index in [9.17, 15) is 14.0 Å². The quantitative estimate of drug-likeness (QED) is 0.622. The van der Waals surface area contributed by atoms with Crippen molar-refractivity contribution in [3.05, 3.63) is 38.6 Å². The maximum absolute atomic E-state index is 13.4. The maximum atomic E-state index is 13.4. The molecular weight excluding hydrogens is 329 g/mol. The second-order valence-electron chi connectivity index (χ2n) is 4.33. The van der Waals surface area contributed by atoms with Crippen molar-refractivity contribution in [1.29, 1.82) is 0 Å². The Morgan fingerprint density at radius 3 is 2.95 bits per heavy atom. The minimum absolute atomic E-state index is 0.233. The Kier molecular flexibility index (Phi) is 4.84. The molecule has 2 aromatic rings. The van der Waals surface area contributed by atoms with Crippen LogP contribution in [0.2, 0.25) is 0 Å². The number of hydrogen-bond acceptors (Lipinski definition) is 3. The highest BCUT2D eigenvalue weighted by Crippen LogP contribution is 2.20. The van der Waals surface area contributed by atoms with E-state index < -0.39 is 5.82 Å². The van der Waals surface area contributed by atoms with Gasteiger partial charge in [-0.3, -0.25) is 9.59 Å². The van der Waals surface area contributed by atoms with Gasteiger partial charge in [-0.05, 0) is 40.9 Å². The van der Waals surface area contributed by atoms with Gasteiger partial charge in [-0.2, -0.15) is 0 Å². The number of benzene rings is 1. The first-order valence-corrected chi connectivity index (χ1v) is 6.96. The minimum Gasteiger partial charge on any atom is -0.359 e. The number of hydrogen-bond donors (Lipinski definition) is 2. The lowest BCUT2D eigenvalue weighted by Crippen LogP contribution is -2.14. The molecule has 0 aliphatic carbocycles. The number of H-pyrrole nitrogens is 1. The molecule has 0 saturated carbocycles. The lowest BCUT2D eigenvalue weighted by Gasteiger charge is -2.04. The van der Waals surface area contributed by atoms with E-state index in [4.69, 9.17) is 0 Å². The second-order valence-corrected chi connectivity index (χ2v) is 5.18. The van der Waals surface area contributed by atoms with Gasteiger partial charge in [0, 0.05) is 13.0 Å². The Labute approximate surface area is 122 Å². The Hall–Kier alpha value is -1.76. The Bertz CT molecular complexity index is 687. The lowest BCUT2D eigenvalue weighted by atomic mass is 10.2. The highest BCUT2D eigenvalue weighted by Gasteiger charge is 2.08. The summed E-state index contributed by atoms with van der Waals surface area (Å²) in [5.74, 6) is 0.0737. The molecule has 2 rings (SSSR count). The fourth-order valence-corrected chi connectivity index (χ4v) is 2.21. The average Bonchev–Trinajstić information content (AvgIpc) is 2.41. The predicted octanol–water partition coefficient (Wildman–Crippen LogP) is 1.89. The molecule has 1 amide bonds. The normalized spacial score (nSPS) is 10.7. The van der Waals surface area contributed by atoms with Crippen molar-refractivity contribution in [2.45, 2.75) is 19.3 Å². The first kappa shape index (κ1) is 14.6. The second kappa shape index (κ2) is 6.60. The van der Waals surface area contributed by atoms with E-state index in [1.165, 1.54) is 12.1 Å². The first-order chi connectivity index (χ1) is 9.61. The summed E-state index contributed by atoms with van der Waals surface area (Å²) in [4.78, 5) is 28.9. The topological polar surface area (TPSA) is 74.8 Å². The van der Waals surface area contributed by atoms with Crippen LogP contribution >= 0.6 is 15.9 Å². The molecule has 106 valence electrons. The largest absolute Gasteiger partial charge is 0.359 e. The van der Waals surface area contributed by atoms with Gasteiger partial charge in [0.1, 0.15) is 11.6 Å². The fraction of sp³-hybridized carbons (Fsp3) is 0.308. The van der Waals surface area contributed by atoms with E-state index in [1.807, 2.05) is 0 Å². The van der Waals surface area contributed by atoms with Gasteiger partial charge < -0.3 is 10.3 Å². The molecule has 0 saturated heterocycles. The highest BCUT2D eigenvalue weighted by molar-refractivity contribution is 9.10.